The van der Waals surface area contributed by atoms with Crippen molar-refractivity contribution in [1.82, 2.24) is 9.97 Å². The first kappa shape index (κ1) is 25.2. The van der Waals surface area contributed by atoms with Crippen LogP contribution in [-0.4, -0.2) is 36.0 Å². The molecule has 3 aromatic carbocycles. The molecule has 0 aliphatic heterocycles. The Labute approximate surface area is 224 Å². The highest BCUT2D eigenvalue weighted by Gasteiger charge is 2.23. The van der Waals surface area contributed by atoms with Crippen LogP contribution in [0.4, 0.5) is 11.4 Å². The van der Waals surface area contributed by atoms with Crippen LogP contribution in [0.2, 0.25) is 0 Å². The normalized spacial score (nSPS) is 10.5. The van der Waals surface area contributed by atoms with Crippen molar-refractivity contribution in [3.63, 3.8) is 0 Å². The van der Waals surface area contributed by atoms with E-state index >= 15 is 0 Å². The summed E-state index contributed by atoms with van der Waals surface area (Å²) in [6.07, 6.45) is 3.11. The molecule has 0 fully saturated rings. The van der Waals surface area contributed by atoms with Crippen molar-refractivity contribution in [2.75, 3.05) is 24.9 Å². The van der Waals surface area contributed by atoms with Crippen LogP contribution in [0.25, 0.3) is 22.8 Å². The maximum atomic E-state index is 13.5. The van der Waals surface area contributed by atoms with Crippen LogP contribution in [0.3, 0.4) is 0 Å². The van der Waals surface area contributed by atoms with Gasteiger partial charge in [-0.3, -0.25) is 14.6 Å². The summed E-state index contributed by atoms with van der Waals surface area (Å²) in [5.41, 5.74) is 2.91. The van der Waals surface area contributed by atoms with E-state index in [4.69, 9.17) is 13.9 Å². The van der Waals surface area contributed by atoms with Crippen molar-refractivity contribution >= 4 is 23.2 Å². The van der Waals surface area contributed by atoms with Gasteiger partial charge in [0.25, 0.3) is 11.8 Å². The summed E-state index contributed by atoms with van der Waals surface area (Å²) in [5, 5.41) is 5.70. The molecule has 0 unspecified atom stereocenters. The largest absolute Gasteiger partial charge is 0.497 e. The average Bonchev–Trinajstić information content (AvgIpc) is 3.44. The molecule has 39 heavy (non-hydrogen) atoms. The summed E-state index contributed by atoms with van der Waals surface area (Å²) in [5.74, 6) is 0.845. The zero-order chi connectivity index (χ0) is 27.2. The molecule has 9 nitrogen and oxygen atoms in total. The highest BCUT2D eigenvalue weighted by atomic mass is 16.5. The molecule has 2 amide bonds. The number of hydrogen-bond donors (Lipinski definition) is 2. The van der Waals surface area contributed by atoms with Gasteiger partial charge < -0.3 is 24.5 Å². The van der Waals surface area contributed by atoms with Gasteiger partial charge in [-0.15, -0.1) is 0 Å². The maximum Gasteiger partial charge on any atom is 0.278 e. The van der Waals surface area contributed by atoms with Crippen LogP contribution in [0.15, 0.2) is 102 Å². The number of methoxy groups -OCH3 is 2. The van der Waals surface area contributed by atoms with E-state index in [0.29, 0.717) is 39.9 Å². The second kappa shape index (κ2) is 11.3. The third kappa shape index (κ3) is 5.62. The van der Waals surface area contributed by atoms with E-state index in [9.17, 15) is 9.59 Å². The Hall–Kier alpha value is -5.44. The number of pyridine rings is 1. The number of ether oxygens (including phenoxy) is 2. The molecule has 0 aliphatic carbocycles. The minimum Gasteiger partial charge on any atom is -0.497 e. The van der Waals surface area contributed by atoms with Crippen LogP contribution >= 0.6 is 0 Å². The quantitative estimate of drug-likeness (QED) is 0.261. The Morgan fingerprint density at radius 3 is 2.21 bits per heavy atom. The summed E-state index contributed by atoms with van der Waals surface area (Å²) < 4.78 is 16.8. The first-order valence-electron chi connectivity index (χ1n) is 12.0. The van der Waals surface area contributed by atoms with Crippen LogP contribution < -0.4 is 20.1 Å². The van der Waals surface area contributed by atoms with Gasteiger partial charge in [-0.05, 0) is 60.7 Å². The zero-order valence-corrected chi connectivity index (χ0v) is 21.2. The van der Waals surface area contributed by atoms with Crippen LogP contribution in [0.1, 0.15) is 20.8 Å². The number of oxazole rings is 1. The van der Waals surface area contributed by atoms with Crippen molar-refractivity contribution < 1.29 is 23.5 Å². The molecular weight excluding hydrogens is 496 g/mol. The molecule has 5 aromatic rings. The monoisotopic (exact) mass is 520 g/mol. The van der Waals surface area contributed by atoms with Crippen molar-refractivity contribution in [2.24, 2.45) is 0 Å². The molecule has 2 heterocycles. The standard InChI is InChI=1S/C30H24N4O5/c1-37-23-12-13-25(38-2)24(18-23)33-29(36)26-27(39-30(34-26)21-6-4-3-5-7-21)19-8-10-22(11-9-19)32-28(35)20-14-16-31-17-15-20/h3-18H,1-2H3,(H,32,35)(H,33,36). The number of benzene rings is 3. The second-order valence-electron chi connectivity index (χ2n) is 8.35. The van der Waals surface area contributed by atoms with Gasteiger partial charge in [0.15, 0.2) is 11.5 Å². The fraction of sp³-hybridized carbons (Fsp3) is 0.0667. The lowest BCUT2D eigenvalue weighted by atomic mass is 10.1. The fourth-order valence-electron chi connectivity index (χ4n) is 3.88. The fourth-order valence-corrected chi connectivity index (χ4v) is 3.88. The molecule has 2 aromatic heterocycles. The van der Waals surface area contributed by atoms with Gasteiger partial charge >= 0.3 is 0 Å². The van der Waals surface area contributed by atoms with E-state index < -0.39 is 5.91 Å². The number of anilines is 2. The smallest absolute Gasteiger partial charge is 0.278 e. The van der Waals surface area contributed by atoms with Crippen molar-refractivity contribution in [2.45, 2.75) is 0 Å². The molecular formula is C30H24N4O5. The molecule has 9 heteroatoms. The van der Waals surface area contributed by atoms with Crippen LogP contribution in [0, 0.1) is 0 Å². The lowest BCUT2D eigenvalue weighted by Gasteiger charge is -2.11. The third-order valence-electron chi connectivity index (χ3n) is 5.87. The molecule has 0 radical (unpaired) electrons. The molecule has 0 spiro atoms. The molecule has 5 rings (SSSR count). The van der Waals surface area contributed by atoms with E-state index in [1.807, 2.05) is 30.3 Å². The van der Waals surface area contributed by atoms with Crippen molar-refractivity contribution in [3.8, 4) is 34.3 Å². The highest BCUT2D eigenvalue weighted by molar-refractivity contribution is 6.08. The summed E-state index contributed by atoms with van der Waals surface area (Å²) in [6, 6.07) is 24.6. The van der Waals surface area contributed by atoms with E-state index in [1.165, 1.54) is 7.11 Å². The van der Waals surface area contributed by atoms with Gasteiger partial charge in [-0.2, -0.15) is 0 Å². The SMILES string of the molecule is COc1ccc(OC)c(NC(=O)c2nc(-c3ccccc3)oc2-c2ccc(NC(=O)c3ccncc3)cc2)c1. The van der Waals surface area contributed by atoms with E-state index in [-0.39, 0.29) is 17.4 Å². The van der Waals surface area contributed by atoms with Crippen LogP contribution in [-0.2, 0) is 0 Å². The number of carbonyl (C=O) groups is 2. The number of carbonyl (C=O) groups excluding carboxylic acids is 2. The number of amides is 2. The van der Waals surface area contributed by atoms with Crippen molar-refractivity contribution in [1.29, 1.82) is 0 Å². The summed E-state index contributed by atoms with van der Waals surface area (Å²) in [6.45, 7) is 0. The first-order chi connectivity index (χ1) is 19.1. The van der Waals surface area contributed by atoms with Gasteiger partial charge in [0.2, 0.25) is 5.89 Å². The number of rotatable bonds is 8. The molecule has 0 aliphatic rings. The van der Waals surface area contributed by atoms with E-state index in [2.05, 4.69) is 20.6 Å². The summed E-state index contributed by atoms with van der Waals surface area (Å²) in [4.78, 5) is 34.5. The van der Waals surface area contributed by atoms with E-state index in [1.54, 1.807) is 74.1 Å². The average molecular weight is 521 g/mol. The first-order valence-corrected chi connectivity index (χ1v) is 12.0. The number of aromatic nitrogens is 2. The predicted molar refractivity (Wildman–Crippen MR) is 147 cm³/mol. The Balaban J connectivity index is 1.47. The number of hydrogen-bond acceptors (Lipinski definition) is 7. The summed E-state index contributed by atoms with van der Waals surface area (Å²) in [7, 11) is 3.06. The predicted octanol–water partition coefficient (Wildman–Crippen LogP) is 5.93. The van der Waals surface area contributed by atoms with Gasteiger partial charge in [0.1, 0.15) is 11.5 Å². The second-order valence-corrected chi connectivity index (χ2v) is 8.35. The Morgan fingerprint density at radius 1 is 0.769 bits per heavy atom. The molecule has 0 atom stereocenters. The minimum atomic E-state index is -0.488. The molecule has 2 N–H and O–H groups in total. The lowest BCUT2D eigenvalue weighted by molar-refractivity contribution is 0.101. The van der Waals surface area contributed by atoms with E-state index in [0.717, 1.165) is 5.56 Å². The lowest BCUT2D eigenvalue weighted by Crippen LogP contribution is -2.14. The molecule has 194 valence electrons. The summed E-state index contributed by atoms with van der Waals surface area (Å²) >= 11 is 0. The minimum absolute atomic E-state index is 0.0901. The number of nitrogens with zero attached hydrogens (tertiary/aromatic N) is 2. The highest BCUT2D eigenvalue weighted by Crippen LogP contribution is 2.33. The van der Waals surface area contributed by atoms with Gasteiger partial charge in [-0.1, -0.05) is 18.2 Å². The number of nitrogens with one attached hydrogen (secondary N) is 2. The Morgan fingerprint density at radius 2 is 1.51 bits per heavy atom. The topological polar surface area (TPSA) is 116 Å². The Kier molecular flexibility index (Phi) is 7.31. The maximum absolute atomic E-state index is 13.5. The van der Waals surface area contributed by atoms with Crippen molar-refractivity contribution in [3.05, 3.63) is 109 Å². The molecule has 0 saturated heterocycles. The molecule has 0 bridgehead atoms. The van der Waals surface area contributed by atoms with Crippen LogP contribution in [0.5, 0.6) is 11.5 Å². The molecule has 0 saturated carbocycles. The van der Waals surface area contributed by atoms with Gasteiger partial charge in [-0.25, -0.2) is 4.98 Å². The zero-order valence-electron chi connectivity index (χ0n) is 21.2. The Bertz CT molecular complexity index is 1600. The van der Waals surface area contributed by atoms with Gasteiger partial charge in [0.05, 0.1) is 19.9 Å². The van der Waals surface area contributed by atoms with Gasteiger partial charge in [0, 0.05) is 40.8 Å². The third-order valence-corrected chi connectivity index (χ3v) is 5.87.